The number of Topliss-reactive ketones (excluding diaryl/α,β-unsaturated/α-hetero) is 1. The summed E-state index contributed by atoms with van der Waals surface area (Å²) in [6, 6.07) is 11.3. The number of ether oxygens (including phenoxy) is 1. The lowest BCUT2D eigenvalue weighted by atomic mass is 10.2. The Kier molecular flexibility index (Phi) is 3.97. The number of carbonyl (C=O) groups excluding carboxylic acids is 1. The summed E-state index contributed by atoms with van der Waals surface area (Å²) in [6.07, 6.45) is 0. The number of hydrogen-bond donors (Lipinski definition) is 0. The second kappa shape index (κ2) is 5.47. The lowest BCUT2D eigenvalue weighted by Gasteiger charge is -2.04. The molecule has 4 heteroatoms. The molecule has 0 N–H and O–H groups in total. The first-order chi connectivity index (χ1) is 8.15. The van der Waals surface area contributed by atoms with Gasteiger partial charge < -0.3 is 4.74 Å². The van der Waals surface area contributed by atoms with Crippen LogP contribution in [0.25, 0.3) is 0 Å². The van der Waals surface area contributed by atoms with Crippen molar-refractivity contribution in [1.29, 1.82) is 0 Å². The molecule has 0 unspecified atom stereocenters. The molecule has 17 heavy (non-hydrogen) atoms. The van der Waals surface area contributed by atoms with Crippen LogP contribution in [0.3, 0.4) is 0 Å². The topological polar surface area (TPSA) is 26.3 Å². The van der Waals surface area contributed by atoms with Gasteiger partial charge in [0.05, 0.1) is 8.66 Å². The van der Waals surface area contributed by atoms with Crippen molar-refractivity contribution in [2.45, 2.75) is 6.92 Å². The zero-order chi connectivity index (χ0) is 12.3. The molecule has 0 fully saturated rings. The Morgan fingerprint density at radius 3 is 2.53 bits per heavy atom. The quantitative estimate of drug-likeness (QED) is 0.795. The van der Waals surface area contributed by atoms with Crippen LogP contribution in [0.1, 0.15) is 15.2 Å². The standard InChI is InChI=1S/C13H11BrO2S/c1-9-2-4-10(5-3-9)16-8-11(15)12-6-7-13(14)17-12/h2-7H,8H2,1H3. The molecule has 2 aromatic rings. The van der Waals surface area contributed by atoms with Crippen LogP contribution in [0, 0.1) is 6.92 Å². The number of ketones is 1. The fourth-order valence-corrected chi connectivity index (χ4v) is 2.63. The van der Waals surface area contributed by atoms with Crippen LogP contribution in [0.4, 0.5) is 0 Å². The molecule has 2 rings (SSSR count). The Hall–Kier alpha value is -1.13. The van der Waals surface area contributed by atoms with E-state index >= 15 is 0 Å². The third-order valence-corrected chi connectivity index (χ3v) is 3.90. The Labute approximate surface area is 112 Å². The first-order valence-electron chi connectivity index (χ1n) is 5.13. The van der Waals surface area contributed by atoms with E-state index in [9.17, 15) is 4.79 Å². The van der Waals surface area contributed by atoms with Crippen LogP contribution in [0.5, 0.6) is 5.75 Å². The molecular weight excluding hydrogens is 300 g/mol. The van der Waals surface area contributed by atoms with Crippen LogP contribution in [-0.4, -0.2) is 12.4 Å². The fourth-order valence-electron chi connectivity index (χ4n) is 1.32. The third-order valence-electron chi connectivity index (χ3n) is 2.24. The monoisotopic (exact) mass is 310 g/mol. The summed E-state index contributed by atoms with van der Waals surface area (Å²) < 4.78 is 6.38. The minimum atomic E-state index is 0.00118. The lowest BCUT2D eigenvalue weighted by Crippen LogP contribution is -2.09. The van der Waals surface area contributed by atoms with Crippen LogP contribution in [0.2, 0.25) is 0 Å². The second-order valence-corrected chi connectivity index (χ2v) is 6.09. The maximum absolute atomic E-state index is 11.8. The van der Waals surface area contributed by atoms with E-state index in [1.54, 1.807) is 6.07 Å². The molecule has 88 valence electrons. The van der Waals surface area contributed by atoms with Crippen molar-refractivity contribution >= 4 is 33.0 Å². The van der Waals surface area contributed by atoms with E-state index in [0.29, 0.717) is 4.88 Å². The van der Waals surface area contributed by atoms with E-state index in [1.165, 1.54) is 16.9 Å². The molecule has 0 aliphatic carbocycles. The summed E-state index contributed by atoms with van der Waals surface area (Å²) in [4.78, 5) is 12.5. The molecule has 0 amide bonds. The van der Waals surface area contributed by atoms with Crippen molar-refractivity contribution in [2.24, 2.45) is 0 Å². The molecule has 1 aromatic heterocycles. The van der Waals surface area contributed by atoms with E-state index in [-0.39, 0.29) is 12.4 Å². The number of benzene rings is 1. The van der Waals surface area contributed by atoms with Crippen molar-refractivity contribution in [3.63, 3.8) is 0 Å². The number of rotatable bonds is 4. The molecular formula is C13H11BrO2S. The number of hydrogen-bond acceptors (Lipinski definition) is 3. The summed E-state index contributed by atoms with van der Waals surface area (Å²) in [7, 11) is 0. The molecule has 0 aliphatic heterocycles. The third kappa shape index (κ3) is 3.41. The van der Waals surface area contributed by atoms with Crippen molar-refractivity contribution in [2.75, 3.05) is 6.61 Å². The van der Waals surface area contributed by atoms with Crippen molar-refractivity contribution < 1.29 is 9.53 Å². The van der Waals surface area contributed by atoms with Gasteiger partial charge in [-0.2, -0.15) is 0 Å². The number of aryl methyl sites for hydroxylation is 1. The molecule has 1 heterocycles. The highest BCUT2D eigenvalue weighted by Gasteiger charge is 2.09. The highest BCUT2D eigenvalue weighted by Crippen LogP contribution is 2.22. The Bertz CT molecular complexity index is 516. The van der Waals surface area contributed by atoms with Gasteiger partial charge in [-0.15, -0.1) is 11.3 Å². The minimum Gasteiger partial charge on any atom is -0.485 e. The van der Waals surface area contributed by atoms with Gasteiger partial charge in [-0.1, -0.05) is 17.7 Å². The molecule has 2 nitrogen and oxygen atoms in total. The van der Waals surface area contributed by atoms with Crippen LogP contribution in [0.15, 0.2) is 40.2 Å². The number of halogens is 1. The van der Waals surface area contributed by atoms with Gasteiger partial charge in [-0.05, 0) is 47.1 Å². The smallest absolute Gasteiger partial charge is 0.210 e. The van der Waals surface area contributed by atoms with Gasteiger partial charge in [0.2, 0.25) is 5.78 Å². The molecule has 0 radical (unpaired) electrons. The van der Waals surface area contributed by atoms with Gasteiger partial charge in [0, 0.05) is 0 Å². The molecule has 0 spiro atoms. The van der Waals surface area contributed by atoms with E-state index in [0.717, 1.165) is 9.54 Å². The lowest BCUT2D eigenvalue weighted by molar-refractivity contribution is 0.0925. The van der Waals surface area contributed by atoms with Gasteiger partial charge in [-0.3, -0.25) is 4.79 Å². The second-order valence-electron chi connectivity index (χ2n) is 3.63. The average Bonchev–Trinajstić information content (AvgIpc) is 2.75. The van der Waals surface area contributed by atoms with Crippen LogP contribution >= 0.6 is 27.3 Å². The summed E-state index contributed by atoms with van der Waals surface area (Å²) >= 11 is 4.75. The molecule has 0 saturated heterocycles. The Morgan fingerprint density at radius 1 is 1.24 bits per heavy atom. The fraction of sp³-hybridized carbons (Fsp3) is 0.154. The number of thiophene rings is 1. The molecule has 1 aromatic carbocycles. The maximum atomic E-state index is 11.8. The zero-order valence-corrected chi connectivity index (χ0v) is 11.7. The molecule has 0 bridgehead atoms. The highest BCUT2D eigenvalue weighted by molar-refractivity contribution is 9.11. The SMILES string of the molecule is Cc1ccc(OCC(=O)c2ccc(Br)s2)cc1. The van der Waals surface area contributed by atoms with Crippen LogP contribution in [-0.2, 0) is 0 Å². The van der Waals surface area contributed by atoms with Crippen molar-refractivity contribution in [3.8, 4) is 5.75 Å². The van der Waals surface area contributed by atoms with E-state index in [4.69, 9.17) is 4.74 Å². The molecule has 0 saturated carbocycles. The van der Waals surface area contributed by atoms with Gasteiger partial charge in [-0.25, -0.2) is 0 Å². The van der Waals surface area contributed by atoms with Gasteiger partial charge in [0.25, 0.3) is 0 Å². The number of carbonyl (C=O) groups is 1. The van der Waals surface area contributed by atoms with Gasteiger partial charge >= 0.3 is 0 Å². The Morgan fingerprint density at radius 2 is 1.94 bits per heavy atom. The predicted molar refractivity (Wildman–Crippen MR) is 73.0 cm³/mol. The van der Waals surface area contributed by atoms with Crippen LogP contribution < -0.4 is 4.74 Å². The summed E-state index contributed by atoms with van der Waals surface area (Å²) in [5.74, 6) is 0.723. The highest BCUT2D eigenvalue weighted by atomic mass is 79.9. The summed E-state index contributed by atoms with van der Waals surface area (Å²) in [5.41, 5.74) is 1.17. The Balaban J connectivity index is 1.94. The van der Waals surface area contributed by atoms with E-state index < -0.39 is 0 Å². The maximum Gasteiger partial charge on any atom is 0.210 e. The first-order valence-corrected chi connectivity index (χ1v) is 6.74. The molecule has 0 atom stereocenters. The predicted octanol–water partition coefficient (Wildman–Crippen LogP) is 4.08. The largest absolute Gasteiger partial charge is 0.485 e. The average molecular weight is 311 g/mol. The summed E-state index contributed by atoms with van der Waals surface area (Å²) in [6.45, 7) is 2.09. The van der Waals surface area contributed by atoms with E-state index in [1.807, 2.05) is 37.3 Å². The van der Waals surface area contributed by atoms with Crippen molar-refractivity contribution in [1.82, 2.24) is 0 Å². The van der Waals surface area contributed by atoms with E-state index in [2.05, 4.69) is 15.9 Å². The normalized spacial score (nSPS) is 10.2. The molecule has 0 aliphatic rings. The minimum absolute atomic E-state index is 0.00118. The van der Waals surface area contributed by atoms with Gasteiger partial charge in [0.1, 0.15) is 5.75 Å². The van der Waals surface area contributed by atoms with Gasteiger partial charge in [0.15, 0.2) is 6.61 Å². The zero-order valence-electron chi connectivity index (χ0n) is 9.27. The van der Waals surface area contributed by atoms with Crippen molar-refractivity contribution in [3.05, 3.63) is 50.6 Å². The summed E-state index contributed by atoms with van der Waals surface area (Å²) in [5, 5.41) is 0. The first kappa shape index (κ1) is 12.3.